The lowest BCUT2D eigenvalue weighted by Crippen LogP contribution is -2.41. The molecule has 8 nitrogen and oxygen atoms in total. The highest BCUT2D eigenvalue weighted by Crippen LogP contribution is 2.28. The highest BCUT2D eigenvalue weighted by atomic mass is 35.5. The third kappa shape index (κ3) is 6.60. The first-order valence-corrected chi connectivity index (χ1v) is 11.8. The normalized spacial score (nSPS) is 16.5. The van der Waals surface area contributed by atoms with Crippen molar-refractivity contribution in [2.24, 2.45) is 0 Å². The van der Waals surface area contributed by atoms with Crippen LogP contribution in [0.1, 0.15) is 23.2 Å². The van der Waals surface area contributed by atoms with Gasteiger partial charge in [0.25, 0.3) is 5.91 Å². The number of carbonyl (C=O) groups is 2. The van der Waals surface area contributed by atoms with Crippen molar-refractivity contribution in [1.29, 1.82) is 0 Å². The number of halogens is 1. The number of morpholine rings is 1. The highest BCUT2D eigenvalue weighted by Gasteiger charge is 2.21. The molecule has 9 heteroatoms. The van der Waals surface area contributed by atoms with Crippen LogP contribution in [-0.4, -0.2) is 69.3 Å². The Labute approximate surface area is 199 Å². The Hall–Kier alpha value is -2.81. The molecule has 2 aromatic rings. The number of amides is 3. The Kier molecular flexibility index (Phi) is 8.04. The maximum absolute atomic E-state index is 13.1. The van der Waals surface area contributed by atoms with Gasteiger partial charge in [0.1, 0.15) is 0 Å². The number of benzene rings is 2. The maximum Gasteiger partial charge on any atom is 0.323 e. The summed E-state index contributed by atoms with van der Waals surface area (Å²) in [6.07, 6.45) is 2.23. The van der Waals surface area contributed by atoms with Crippen molar-refractivity contribution in [2.75, 3.05) is 68.0 Å². The fourth-order valence-electron chi connectivity index (χ4n) is 4.10. The van der Waals surface area contributed by atoms with Crippen LogP contribution in [0.4, 0.5) is 21.9 Å². The first-order chi connectivity index (χ1) is 16.1. The molecule has 0 unspecified atom stereocenters. The zero-order valence-corrected chi connectivity index (χ0v) is 19.4. The van der Waals surface area contributed by atoms with Gasteiger partial charge in [-0.2, -0.15) is 0 Å². The number of anilines is 3. The molecule has 2 aliphatic rings. The van der Waals surface area contributed by atoms with Crippen molar-refractivity contribution >= 4 is 40.6 Å². The summed E-state index contributed by atoms with van der Waals surface area (Å²) in [7, 11) is 0. The third-order valence-corrected chi connectivity index (χ3v) is 6.12. The van der Waals surface area contributed by atoms with Crippen LogP contribution in [0.25, 0.3) is 0 Å². The molecule has 2 saturated heterocycles. The minimum atomic E-state index is -0.384. The molecule has 0 saturated carbocycles. The molecule has 0 atom stereocenters. The van der Waals surface area contributed by atoms with Crippen LogP contribution < -0.4 is 20.9 Å². The van der Waals surface area contributed by atoms with Gasteiger partial charge < -0.3 is 25.6 Å². The smallest absolute Gasteiger partial charge is 0.323 e. The first-order valence-electron chi connectivity index (χ1n) is 11.4. The van der Waals surface area contributed by atoms with Crippen molar-refractivity contribution in [3.63, 3.8) is 0 Å². The second-order valence-corrected chi connectivity index (χ2v) is 8.66. The van der Waals surface area contributed by atoms with Crippen LogP contribution in [-0.2, 0) is 4.74 Å². The van der Waals surface area contributed by atoms with Gasteiger partial charge in [-0.3, -0.25) is 9.69 Å². The molecule has 0 aromatic heterocycles. The van der Waals surface area contributed by atoms with Gasteiger partial charge in [-0.15, -0.1) is 0 Å². The minimum Gasteiger partial charge on any atom is -0.379 e. The molecular weight excluding hydrogens is 442 g/mol. The SMILES string of the molecule is O=C(Nc1ccc(Cl)cc1)Nc1ccc(N2CCCC2)c(C(=O)NCCN2CCOCC2)c1. The summed E-state index contributed by atoms with van der Waals surface area (Å²) in [6.45, 7) is 6.45. The van der Waals surface area contributed by atoms with E-state index in [1.807, 2.05) is 12.1 Å². The highest BCUT2D eigenvalue weighted by molar-refractivity contribution is 6.30. The second kappa shape index (κ2) is 11.4. The minimum absolute atomic E-state index is 0.132. The molecule has 176 valence electrons. The van der Waals surface area contributed by atoms with Crippen molar-refractivity contribution in [2.45, 2.75) is 12.8 Å². The Balaban J connectivity index is 1.42. The van der Waals surface area contributed by atoms with Crippen molar-refractivity contribution in [3.05, 3.63) is 53.1 Å². The monoisotopic (exact) mass is 471 g/mol. The fourth-order valence-corrected chi connectivity index (χ4v) is 4.23. The van der Waals surface area contributed by atoms with E-state index in [-0.39, 0.29) is 11.9 Å². The quantitative estimate of drug-likeness (QED) is 0.574. The molecule has 2 heterocycles. The standard InChI is InChI=1S/C24H30ClN5O3/c25-18-3-5-19(6-4-18)27-24(32)28-20-7-8-22(30-10-1-2-11-30)21(17-20)23(31)26-9-12-29-13-15-33-16-14-29/h3-8,17H,1-2,9-16H2,(H,26,31)(H2,27,28,32). The molecule has 0 radical (unpaired) electrons. The summed E-state index contributed by atoms with van der Waals surface area (Å²) in [5.41, 5.74) is 2.66. The molecule has 3 N–H and O–H groups in total. The van der Waals surface area contributed by atoms with Crippen LogP contribution in [0.5, 0.6) is 0 Å². The van der Waals surface area contributed by atoms with E-state index in [9.17, 15) is 9.59 Å². The lowest BCUT2D eigenvalue weighted by Gasteiger charge is -2.26. The summed E-state index contributed by atoms with van der Waals surface area (Å²) >= 11 is 5.90. The predicted octanol–water partition coefficient (Wildman–Crippen LogP) is 3.65. The summed E-state index contributed by atoms with van der Waals surface area (Å²) < 4.78 is 5.38. The van der Waals surface area contributed by atoms with E-state index >= 15 is 0 Å². The van der Waals surface area contributed by atoms with E-state index in [1.54, 1.807) is 30.3 Å². The second-order valence-electron chi connectivity index (χ2n) is 8.22. The molecule has 0 spiro atoms. The number of rotatable bonds is 7. The van der Waals surface area contributed by atoms with Gasteiger partial charge in [-0.25, -0.2) is 4.79 Å². The molecule has 4 rings (SSSR count). The fraction of sp³-hybridized carbons (Fsp3) is 0.417. The number of nitrogens with one attached hydrogen (secondary N) is 3. The van der Waals surface area contributed by atoms with Crippen LogP contribution in [0, 0.1) is 0 Å². The lowest BCUT2D eigenvalue weighted by atomic mass is 10.1. The number of hydrogen-bond acceptors (Lipinski definition) is 5. The predicted molar refractivity (Wildman–Crippen MR) is 132 cm³/mol. The maximum atomic E-state index is 13.1. The van der Waals surface area contributed by atoms with Gasteiger partial charge in [-0.1, -0.05) is 11.6 Å². The zero-order chi connectivity index (χ0) is 23.0. The summed E-state index contributed by atoms with van der Waals surface area (Å²) in [4.78, 5) is 30.1. The molecule has 2 aromatic carbocycles. The third-order valence-electron chi connectivity index (χ3n) is 5.87. The van der Waals surface area contributed by atoms with Crippen LogP contribution >= 0.6 is 11.6 Å². The molecular formula is C24H30ClN5O3. The van der Waals surface area contributed by atoms with Crippen LogP contribution in [0.15, 0.2) is 42.5 Å². The summed E-state index contributed by atoms with van der Waals surface area (Å²) in [5, 5.41) is 9.24. The summed E-state index contributed by atoms with van der Waals surface area (Å²) in [6, 6.07) is 12.0. The largest absolute Gasteiger partial charge is 0.379 e. The van der Waals surface area contributed by atoms with E-state index in [0.717, 1.165) is 64.5 Å². The van der Waals surface area contributed by atoms with Gasteiger partial charge in [0.05, 0.1) is 18.8 Å². The molecule has 3 amide bonds. The van der Waals surface area contributed by atoms with Gasteiger partial charge in [0, 0.05) is 61.4 Å². The first kappa shape index (κ1) is 23.4. The molecule has 2 fully saturated rings. The number of ether oxygens (including phenoxy) is 1. The van der Waals surface area contributed by atoms with Gasteiger partial charge in [0.15, 0.2) is 0 Å². The van der Waals surface area contributed by atoms with Crippen LogP contribution in [0.3, 0.4) is 0 Å². The molecule has 0 aliphatic carbocycles. The number of urea groups is 1. The van der Waals surface area contributed by atoms with Crippen molar-refractivity contribution in [3.8, 4) is 0 Å². The Morgan fingerprint density at radius 3 is 2.30 bits per heavy atom. The van der Waals surface area contributed by atoms with E-state index in [1.165, 1.54) is 0 Å². The molecule has 0 bridgehead atoms. The van der Waals surface area contributed by atoms with E-state index in [4.69, 9.17) is 16.3 Å². The van der Waals surface area contributed by atoms with Gasteiger partial charge >= 0.3 is 6.03 Å². The van der Waals surface area contributed by atoms with Gasteiger partial charge in [0.2, 0.25) is 0 Å². The van der Waals surface area contributed by atoms with Crippen molar-refractivity contribution in [1.82, 2.24) is 10.2 Å². The Morgan fingerprint density at radius 1 is 0.909 bits per heavy atom. The Bertz CT molecular complexity index is 957. The Morgan fingerprint density at radius 2 is 1.58 bits per heavy atom. The number of nitrogens with zero attached hydrogens (tertiary/aromatic N) is 2. The van der Waals surface area contributed by atoms with E-state index in [0.29, 0.717) is 28.5 Å². The topological polar surface area (TPSA) is 85.9 Å². The zero-order valence-electron chi connectivity index (χ0n) is 18.6. The van der Waals surface area contributed by atoms with E-state index in [2.05, 4.69) is 25.8 Å². The molecule has 33 heavy (non-hydrogen) atoms. The van der Waals surface area contributed by atoms with Gasteiger partial charge in [-0.05, 0) is 55.3 Å². The van der Waals surface area contributed by atoms with E-state index < -0.39 is 0 Å². The average molecular weight is 472 g/mol. The number of carbonyl (C=O) groups excluding carboxylic acids is 2. The summed E-state index contributed by atoms with van der Waals surface area (Å²) in [5.74, 6) is -0.132. The molecule has 2 aliphatic heterocycles. The van der Waals surface area contributed by atoms with Crippen LogP contribution in [0.2, 0.25) is 5.02 Å². The van der Waals surface area contributed by atoms with Crippen molar-refractivity contribution < 1.29 is 14.3 Å². The average Bonchev–Trinajstić information content (AvgIpc) is 3.36. The number of hydrogen-bond donors (Lipinski definition) is 3. The lowest BCUT2D eigenvalue weighted by molar-refractivity contribution is 0.0383.